The lowest BCUT2D eigenvalue weighted by atomic mass is 9.83. The maximum atomic E-state index is 15.5. The number of aromatic nitrogens is 2. The van der Waals surface area contributed by atoms with E-state index in [2.05, 4.69) is 21.5 Å². The number of halogens is 2. The van der Waals surface area contributed by atoms with Gasteiger partial charge in [-0.25, -0.2) is 18.7 Å². The summed E-state index contributed by atoms with van der Waals surface area (Å²) >= 11 is 0. The number of hydrogen-bond acceptors (Lipinski definition) is 6. The molecule has 9 heteroatoms. The summed E-state index contributed by atoms with van der Waals surface area (Å²) in [5.41, 5.74) is 8.17. The SMILES string of the molecule is C=CC(=O)N1CCC(C2CCN=C(c3ccc(C(=O)c4cccc(F)c4)cc3F)c3c(N)ncnc32)C1. The van der Waals surface area contributed by atoms with Crippen molar-refractivity contribution in [3.05, 3.63) is 101 Å². The Morgan fingerprint density at radius 2 is 1.89 bits per heavy atom. The van der Waals surface area contributed by atoms with Gasteiger partial charge in [0, 0.05) is 42.2 Å². The second-order valence-electron chi connectivity index (χ2n) is 9.22. The molecule has 3 aromatic rings. The zero-order valence-corrected chi connectivity index (χ0v) is 20.0. The molecule has 2 aliphatic heterocycles. The summed E-state index contributed by atoms with van der Waals surface area (Å²) in [5.74, 6) is -1.51. The number of likely N-dealkylation sites (tertiary alicyclic amines) is 1. The molecule has 2 atom stereocenters. The van der Waals surface area contributed by atoms with Crippen LogP contribution in [0.25, 0.3) is 0 Å². The van der Waals surface area contributed by atoms with Gasteiger partial charge >= 0.3 is 0 Å². The summed E-state index contributed by atoms with van der Waals surface area (Å²) in [4.78, 5) is 40.1. The van der Waals surface area contributed by atoms with Crippen LogP contribution in [0.2, 0.25) is 0 Å². The number of aliphatic imine (C=N–C) groups is 1. The highest BCUT2D eigenvalue weighted by Gasteiger charge is 2.36. The third kappa shape index (κ3) is 4.64. The number of amides is 1. The summed E-state index contributed by atoms with van der Waals surface area (Å²) < 4.78 is 29.1. The smallest absolute Gasteiger partial charge is 0.245 e. The van der Waals surface area contributed by atoms with E-state index < -0.39 is 17.4 Å². The number of nitrogen functional groups attached to an aromatic ring is 1. The topological polar surface area (TPSA) is 102 Å². The van der Waals surface area contributed by atoms with E-state index in [9.17, 15) is 14.0 Å². The molecule has 2 aromatic carbocycles. The van der Waals surface area contributed by atoms with Gasteiger partial charge in [0.25, 0.3) is 0 Å². The van der Waals surface area contributed by atoms with Crippen LogP contribution in [-0.4, -0.2) is 51.9 Å². The number of carbonyl (C=O) groups is 2. The molecule has 2 N–H and O–H groups in total. The molecule has 0 bridgehead atoms. The molecule has 3 heterocycles. The fourth-order valence-electron chi connectivity index (χ4n) is 5.24. The summed E-state index contributed by atoms with van der Waals surface area (Å²) in [6, 6.07) is 9.37. The van der Waals surface area contributed by atoms with Gasteiger partial charge in [0.2, 0.25) is 5.91 Å². The van der Waals surface area contributed by atoms with E-state index in [0.29, 0.717) is 43.0 Å². The van der Waals surface area contributed by atoms with Crippen molar-refractivity contribution < 1.29 is 18.4 Å². The van der Waals surface area contributed by atoms with Crippen LogP contribution in [0, 0.1) is 17.6 Å². The Kier molecular flexibility index (Phi) is 6.60. The molecule has 5 rings (SSSR count). The lowest BCUT2D eigenvalue weighted by molar-refractivity contribution is -0.125. The molecule has 1 amide bonds. The molecule has 1 saturated heterocycles. The fraction of sp³-hybridized carbons (Fsp3) is 0.250. The second-order valence-corrected chi connectivity index (χ2v) is 9.22. The van der Waals surface area contributed by atoms with Crippen LogP contribution in [-0.2, 0) is 4.79 Å². The summed E-state index contributed by atoms with van der Waals surface area (Å²) in [6.45, 7) is 5.18. The molecule has 37 heavy (non-hydrogen) atoms. The van der Waals surface area contributed by atoms with Gasteiger partial charge in [-0.3, -0.25) is 14.6 Å². The van der Waals surface area contributed by atoms with Gasteiger partial charge < -0.3 is 10.6 Å². The van der Waals surface area contributed by atoms with Crippen LogP contribution in [0.1, 0.15) is 51.5 Å². The van der Waals surface area contributed by atoms with Crippen molar-refractivity contribution in [3.8, 4) is 0 Å². The Hall–Kier alpha value is -4.27. The molecule has 1 fully saturated rings. The first-order valence-electron chi connectivity index (χ1n) is 12.0. The first-order chi connectivity index (χ1) is 17.9. The first kappa shape index (κ1) is 24.4. The highest BCUT2D eigenvalue weighted by molar-refractivity contribution is 6.17. The van der Waals surface area contributed by atoms with E-state index in [1.807, 2.05) is 0 Å². The van der Waals surface area contributed by atoms with Crippen LogP contribution < -0.4 is 5.73 Å². The molecule has 0 saturated carbocycles. The number of fused-ring (bicyclic) bond motifs is 1. The van der Waals surface area contributed by atoms with Gasteiger partial charge in [0.05, 0.1) is 17.0 Å². The Balaban J connectivity index is 1.49. The highest BCUT2D eigenvalue weighted by Crippen LogP contribution is 2.39. The average Bonchev–Trinajstić information content (AvgIpc) is 3.30. The largest absolute Gasteiger partial charge is 0.383 e. The number of anilines is 1. The average molecular weight is 502 g/mol. The predicted molar refractivity (Wildman–Crippen MR) is 135 cm³/mol. The second kappa shape index (κ2) is 10.0. The normalized spacial score (nSPS) is 19.1. The lowest BCUT2D eigenvalue weighted by Crippen LogP contribution is -2.28. The van der Waals surface area contributed by atoms with Crippen molar-refractivity contribution in [1.82, 2.24) is 14.9 Å². The molecular weight excluding hydrogens is 476 g/mol. The number of nitrogens with two attached hydrogens (primary N) is 1. The number of rotatable bonds is 5. The molecule has 0 spiro atoms. The van der Waals surface area contributed by atoms with Gasteiger partial charge in [-0.15, -0.1) is 0 Å². The Morgan fingerprint density at radius 1 is 1.08 bits per heavy atom. The number of hydrogen-bond donors (Lipinski definition) is 1. The summed E-state index contributed by atoms with van der Waals surface area (Å²) in [6.07, 6.45) is 4.17. The van der Waals surface area contributed by atoms with E-state index in [0.717, 1.165) is 18.6 Å². The summed E-state index contributed by atoms with van der Waals surface area (Å²) in [7, 11) is 0. The maximum absolute atomic E-state index is 15.5. The van der Waals surface area contributed by atoms with Gasteiger partial charge in [0.15, 0.2) is 5.78 Å². The third-order valence-corrected chi connectivity index (χ3v) is 7.06. The molecule has 1 aromatic heterocycles. The van der Waals surface area contributed by atoms with Gasteiger partial charge in [-0.2, -0.15) is 0 Å². The minimum atomic E-state index is -0.655. The van der Waals surface area contributed by atoms with Gasteiger partial charge in [-0.05, 0) is 49.1 Å². The van der Waals surface area contributed by atoms with Crippen LogP contribution >= 0.6 is 0 Å². The number of carbonyl (C=O) groups excluding carboxylic acids is 2. The van der Waals surface area contributed by atoms with E-state index in [4.69, 9.17) is 5.73 Å². The molecule has 2 aliphatic rings. The van der Waals surface area contributed by atoms with Crippen LogP contribution in [0.4, 0.5) is 14.6 Å². The molecule has 0 aliphatic carbocycles. The maximum Gasteiger partial charge on any atom is 0.245 e. The van der Waals surface area contributed by atoms with Crippen molar-refractivity contribution in [1.29, 1.82) is 0 Å². The van der Waals surface area contributed by atoms with E-state index >= 15 is 4.39 Å². The van der Waals surface area contributed by atoms with Gasteiger partial charge in [0.1, 0.15) is 23.8 Å². The van der Waals surface area contributed by atoms with Crippen molar-refractivity contribution in [3.63, 3.8) is 0 Å². The van der Waals surface area contributed by atoms with Crippen LogP contribution in [0.5, 0.6) is 0 Å². The zero-order valence-electron chi connectivity index (χ0n) is 20.0. The molecule has 7 nitrogen and oxygen atoms in total. The number of benzene rings is 2. The van der Waals surface area contributed by atoms with Crippen molar-refractivity contribution in [2.24, 2.45) is 10.9 Å². The zero-order chi connectivity index (χ0) is 26.1. The quantitative estimate of drug-likeness (QED) is 0.422. The monoisotopic (exact) mass is 501 g/mol. The van der Waals surface area contributed by atoms with E-state index in [1.165, 1.54) is 42.7 Å². The predicted octanol–water partition coefficient (Wildman–Crippen LogP) is 3.93. The highest BCUT2D eigenvalue weighted by atomic mass is 19.1. The van der Waals surface area contributed by atoms with E-state index in [1.54, 1.807) is 4.90 Å². The Labute approximate surface area is 212 Å². The standard InChI is InChI=1S/C28H25F2N5O2/c1-2-23(36)35-11-9-18(14-35)20-8-10-32-26(24-25(20)33-15-34-28(24)31)21-7-6-17(13-22(21)30)27(37)16-4-3-5-19(29)12-16/h2-7,12-13,15,18,20H,1,8-11,14H2,(H2,31,33,34). The van der Waals surface area contributed by atoms with Crippen molar-refractivity contribution >= 4 is 23.2 Å². The Morgan fingerprint density at radius 3 is 2.65 bits per heavy atom. The fourth-order valence-corrected chi connectivity index (χ4v) is 5.24. The molecule has 0 radical (unpaired) electrons. The van der Waals surface area contributed by atoms with Crippen LogP contribution in [0.15, 0.2) is 66.4 Å². The number of ketones is 1. The van der Waals surface area contributed by atoms with Crippen molar-refractivity contribution in [2.45, 2.75) is 18.8 Å². The Bertz CT molecular complexity index is 1440. The van der Waals surface area contributed by atoms with E-state index in [-0.39, 0.29) is 40.3 Å². The van der Waals surface area contributed by atoms with Crippen LogP contribution in [0.3, 0.4) is 0 Å². The lowest BCUT2D eigenvalue weighted by Gasteiger charge is -2.24. The molecular formula is C28H25F2N5O2. The number of nitrogens with zero attached hydrogens (tertiary/aromatic N) is 4. The molecule has 188 valence electrons. The minimum Gasteiger partial charge on any atom is -0.383 e. The molecule has 2 unspecified atom stereocenters. The van der Waals surface area contributed by atoms with Crippen molar-refractivity contribution in [2.75, 3.05) is 25.4 Å². The summed E-state index contributed by atoms with van der Waals surface area (Å²) in [5, 5.41) is 0. The first-order valence-corrected chi connectivity index (χ1v) is 12.0. The minimum absolute atomic E-state index is 0.0407. The van der Waals surface area contributed by atoms with Gasteiger partial charge in [-0.1, -0.05) is 24.8 Å². The third-order valence-electron chi connectivity index (χ3n) is 7.06.